The first-order valence-corrected chi connectivity index (χ1v) is 9.26. The van der Waals surface area contributed by atoms with Crippen molar-refractivity contribution in [2.75, 3.05) is 19.8 Å². The summed E-state index contributed by atoms with van der Waals surface area (Å²) >= 11 is 0. The first kappa shape index (κ1) is 18.0. The van der Waals surface area contributed by atoms with Crippen LogP contribution in [0.2, 0.25) is 0 Å². The fourth-order valence-corrected chi connectivity index (χ4v) is 3.22. The summed E-state index contributed by atoms with van der Waals surface area (Å²) in [6.07, 6.45) is 0.916. The molecule has 0 aliphatic carbocycles. The predicted molar refractivity (Wildman–Crippen MR) is 105 cm³/mol. The van der Waals surface area contributed by atoms with E-state index in [1.54, 1.807) is 18.2 Å². The van der Waals surface area contributed by atoms with Gasteiger partial charge < -0.3 is 14.2 Å². The lowest BCUT2D eigenvalue weighted by molar-refractivity contribution is -0.141. The molecule has 0 fully saturated rings. The maximum absolute atomic E-state index is 12.4. The molecule has 0 unspecified atom stereocenters. The van der Waals surface area contributed by atoms with E-state index < -0.39 is 5.97 Å². The maximum Gasteiger partial charge on any atom is 0.310 e. The van der Waals surface area contributed by atoms with Gasteiger partial charge in [-0.2, -0.15) is 0 Å². The molecule has 3 aromatic rings. The van der Waals surface area contributed by atoms with Crippen molar-refractivity contribution in [3.8, 4) is 11.5 Å². The molecule has 0 bridgehead atoms. The molecule has 3 aromatic carbocycles. The van der Waals surface area contributed by atoms with Crippen molar-refractivity contribution in [3.05, 3.63) is 71.8 Å². The van der Waals surface area contributed by atoms with Gasteiger partial charge in [0.05, 0.1) is 19.6 Å². The molecule has 0 atom stereocenters. The Bertz CT molecular complexity index is 1020. The molecule has 1 heterocycles. The molecular formula is C23H20O5. The van der Waals surface area contributed by atoms with Crippen LogP contribution in [0.5, 0.6) is 11.5 Å². The highest BCUT2D eigenvalue weighted by atomic mass is 16.5. The Morgan fingerprint density at radius 2 is 1.68 bits per heavy atom. The third-order valence-electron chi connectivity index (χ3n) is 4.65. The van der Waals surface area contributed by atoms with E-state index in [4.69, 9.17) is 14.2 Å². The van der Waals surface area contributed by atoms with Crippen LogP contribution in [-0.2, 0) is 16.0 Å². The number of hydrogen-bond donors (Lipinski definition) is 0. The van der Waals surface area contributed by atoms with E-state index in [0.29, 0.717) is 30.3 Å². The molecule has 4 rings (SSSR count). The summed E-state index contributed by atoms with van der Waals surface area (Å²) in [6.45, 7) is 0.833. The lowest BCUT2D eigenvalue weighted by Crippen LogP contribution is -2.16. The van der Waals surface area contributed by atoms with Crippen molar-refractivity contribution in [2.45, 2.75) is 12.8 Å². The second-order valence-electron chi connectivity index (χ2n) is 6.61. The number of ketones is 1. The quantitative estimate of drug-likeness (QED) is 0.498. The number of carbonyl (C=O) groups is 2. The van der Waals surface area contributed by atoms with Crippen molar-refractivity contribution < 1.29 is 23.8 Å². The molecule has 0 saturated heterocycles. The molecule has 5 heteroatoms. The van der Waals surface area contributed by atoms with E-state index in [1.807, 2.05) is 42.5 Å². The van der Waals surface area contributed by atoms with E-state index in [0.717, 1.165) is 22.8 Å². The molecule has 1 aliphatic rings. The predicted octanol–water partition coefficient (Wildman–Crippen LogP) is 3.97. The minimum absolute atomic E-state index is 0.121. The zero-order valence-corrected chi connectivity index (χ0v) is 15.4. The topological polar surface area (TPSA) is 61.8 Å². The molecule has 28 heavy (non-hydrogen) atoms. The largest absolute Gasteiger partial charge is 0.490 e. The number of benzene rings is 3. The Labute approximate surface area is 162 Å². The van der Waals surface area contributed by atoms with Crippen LogP contribution in [0.15, 0.2) is 60.7 Å². The fourth-order valence-electron chi connectivity index (χ4n) is 3.22. The summed E-state index contributed by atoms with van der Waals surface area (Å²) in [6, 6.07) is 18.7. The van der Waals surface area contributed by atoms with Crippen LogP contribution in [0.1, 0.15) is 22.3 Å². The minimum atomic E-state index is -0.431. The van der Waals surface area contributed by atoms with E-state index in [2.05, 4.69) is 0 Å². The van der Waals surface area contributed by atoms with Crippen molar-refractivity contribution in [1.29, 1.82) is 0 Å². The molecule has 0 radical (unpaired) electrons. The van der Waals surface area contributed by atoms with E-state index in [9.17, 15) is 9.59 Å². The van der Waals surface area contributed by atoms with Gasteiger partial charge in [0.15, 0.2) is 23.9 Å². The molecule has 5 nitrogen and oxygen atoms in total. The molecule has 0 saturated carbocycles. The second kappa shape index (κ2) is 8.13. The highest BCUT2D eigenvalue weighted by Gasteiger charge is 2.16. The molecule has 1 aliphatic heterocycles. The van der Waals surface area contributed by atoms with Gasteiger partial charge in [0.25, 0.3) is 0 Å². The summed E-state index contributed by atoms with van der Waals surface area (Å²) in [7, 11) is 0. The van der Waals surface area contributed by atoms with Crippen molar-refractivity contribution in [3.63, 3.8) is 0 Å². The molecular weight excluding hydrogens is 356 g/mol. The highest BCUT2D eigenvalue weighted by molar-refractivity contribution is 5.98. The molecule has 142 valence electrons. The van der Waals surface area contributed by atoms with Crippen LogP contribution in [0, 0.1) is 0 Å². The smallest absolute Gasteiger partial charge is 0.310 e. The van der Waals surface area contributed by atoms with Gasteiger partial charge in [-0.05, 0) is 34.5 Å². The molecule has 0 aromatic heterocycles. The number of fused-ring (bicyclic) bond motifs is 2. The third kappa shape index (κ3) is 3.98. The van der Waals surface area contributed by atoms with Crippen LogP contribution in [0.3, 0.4) is 0 Å². The normalized spacial score (nSPS) is 13.0. The lowest BCUT2D eigenvalue weighted by Gasteiger charge is -2.10. The minimum Gasteiger partial charge on any atom is -0.490 e. The Kier molecular flexibility index (Phi) is 5.24. The fraction of sp³-hybridized carbons (Fsp3) is 0.217. The van der Waals surface area contributed by atoms with E-state index in [-0.39, 0.29) is 18.8 Å². The van der Waals surface area contributed by atoms with Gasteiger partial charge in [-0.15, -0.1) is 0 Å². The summed E-state index contributed by atoms with van der Waals surface area (Å²) in [4.78, 5) is 24.7. The Morgan fingerprint density at radius 1 is 0.893 bits per heavy atom. The second-order valence-corrected chi connectivity index (χ2v) is 6.61. The van der Waals surface area contributed by atoms with E-state index >= 15 is 0 Å². The maximum atomic E-state index is 12.4. The lowest BCUT2D eigenvalue weighted by atomic mass is 10.0. The zero-order chi connectivity index (χ0) is 19.3. The molecule has 0 amide bonds. The standard InChI is InChI=1S/C23H20O5/c24-20(18-9-10-21-22(13-18)27-12-4-11-26-21)15-28-23(25)14-17-7-3-6-16-5-1-2-8-19(16)17/h1-3,5-10,13H,4,11-12,14-15H2. The van der Waals surface area contributed by atoms with Gasteiger partial charge in [-0.25, -0.2) is 0 Å². The average Bonchev–Trinajstić information content (AvgIpc) is 2.97. The van der Waals surface area contributed by atoms with Crippen LogP contribution >= 0.6 is 0 Å². The number of Topliss-reactive ketones (excluding diaryl/α,β-unsaturated/α-hetero) is 1. The van der Waals surface area contributed by atoms with Crippen LogP contribution in [0.4, 0.5) is 0 Å². The van der Waals surface area contributed by atoms with Gasteiger partial charge in [-0.3, -0.25) is 9.59 Å². The number of ether oxygens (including phenoxy) is 3. The van der Waals surface area contributed by atoms with Crippen molar-refractivity contribution >= 4 is 22.5 Å². The van der Waals surface area contributed by atoms with Crippen molar-refractivity contribution in [1.82, 2.24) is 0 Å². The van der Waals surface area contributed by atoms with Crippen LogP contribution in [-0.4, -0.2) is 31.6 Å². The Balaban J connectivity index is 1.39. The molecule has 0 spiro atoms. The zero-order valence-electron chi connectivity index (χ0n) is 15.4. The summed E-state index contributed by atoms with van der Waals surface area (Å²) in [5.41, 5.74) is 1.31. The van der Waals surface area contributed by atoms with Crippen molar-refractivity contribution in [2.24, 2.45) is 0 Å². The van der Waals surface area contributed by atoms with Gasteiger partial charge in [0.1, 0.15) is 0 Å². The number of carbonyl (C=O) groups excluding carboxylic acids is 2. The number of hydrogen-bond acceptors (Lipinski definition) is 5. The van der Waals surface area contributed by atoms with Gasteiger partial charge >= 0.3 is 5.97 Å². The van der Waals surface area contributed by atoms with E-state index in [1.165, 1.54) is 0 Å². The van der Waals surface area contributed by atoms with Gasteiger partial charge in [-0.1, -0.05) is 42.5 Å². The SMILES string of the molecule is O=C(Cc1cccc2ccccc12)OCC(=O)c1ccc2c(c1)OCCCO2. The first-order chi connectivity index (χ1) is 13.7. The molecule has 0 N–H and O–H groups in total. The summed E-state index contributed by atoms with van der Waals surface area (Å²) in [5, 5.41) is 2.08. The monoisotopic (exact) mass is 376 g/mol. The average molecular weight is 376 g/mol. The van der Waals surface area contributed by atoms with Crippen LogP contribution < -0.4 is 9.47 Å². The summed E-state index contributed by atoms with van der Waals surface area (Å²) < 4.78 is 16.4. The Hall–Kier alpha value is -3.34. The van der Waals surface area contributed by atoms with Gasteiger partial charge in [0, 0.05) is 12.0 Å². The first-order valence-electron chi connectivity index (χ1n) is 9.26. The summed E-state index contributed by atoms with van der Waals surface area (Å²) in [5.74, 6) is 0.466. The Morgan fingerprint density at radius 3 is 2.57 bits per heavy atom. The number of rotatable bonds is 5. The van der Waals surface area contributed by atoms with Crippen LogP contribution in [0.25, 0.3) is 10.8 Å². The highest BCUT2D eigenvalue weighted by Crippen LogP contribution is 2.30. The third-order valence-corrected chi connectivity index (χ3v) is 4.65. The number of esters is 1. The van der Waals surface area contributed by atoms with Gasteiger partial charge in [0.2, 0.25) is 0 Å².